The summed E-state index contributed by atoms with van der Waals surface area (Å²) < 4.78 is 51.7. The minimum Gasteiger partial charge on any atom is -0.361 e. The Labute approximate surface area is 172 Å². The summed E-state index contributed by atoms with van der Waals surface area (Å²) in [6, 6.07) is 5.74. The SMILES string of the molecule is CCOP(=O)(OCC)N1CCC(c2c[nH]c3cc(CS(=O)(=O)NC)ccc23)CC1. The quantitative estimate of drug-likeness (QED) is 0.575. The van der Waals surface area contributed by atoms with Crippen molar-refractivity contribution in [3.8, 4) is 0 Å². The molecule has 3 rings (SSSR count). The third kappa shape index (κ3) is 5.10. The molecule has 0 radical (unpaired) electrons. The maximum atomic E-state index is 13.0. The fourth-order valence-corrected chi connectivity index (χ4v) is 6.40. The van der Waals surface area contributed by atoms with E-state index < -0.39 is 17.8 Å². The lowest BCUT2D eigenvalue weighted by molar-refractivity contribution is 0.154. The van der Waals surface area contributed by atoms with Crippen LogP contribution in [0.25, 0.3) is 10.9 Å². The van der Waals surface area contributed by atoms with Gasteiger partial charge in [0.1, 0.15) is 0 Å². The van der Waals surface area contributed by atoms with Crippen LogP contribution in [0, 0.1) is 0 Å². The van der Waals surface area contributed by atoms with E-state index in [0.717, 1.165) is 29.3 Å². The van der Waals surface area contributed by atoms with Gasteiger partial charge in [0.15, 0.2) is 0 Å². The zero-order valence-corrected chi connectivity index (χ0v) is 18.9. The van der Waals surface area contributed by atoms with Crippen molar-refractivity contribution in [1.29, 1.82) is 0 Å². The Morgan fingerprint density at radius 2 is 1.86 bits per heavy atom. The van der Waals surface area contributed by atoms with E-state index in [4.69, 9.17) is 9.05 Å². The Hall–Kier alpha value is -1.22. The van der Waals surface area contributed by atoms with Gasteiger partial charge >= 0.3 is 7.75 Å². The molecule has 162 valence electrons. The van der Waals surface area contributed by atoms with Gasteiger partial charge in [0.25, 0.3) is 0 Å². The molecule has 0 amide bonds. The fourth-order valence-electron chi connectivity index (χ4n) is 3.86. The van der Waals surface area contributed by atoms with E-state index in [1.165, 1.54) is 12.6 Å². The number of benzene rings is 1. The normalized spacial score (nSPS) is 17.2. The van der Waals surface area contributed by atoms with E-state index in [1.807, 2.05) is 42.9 Å². The molecule has 1 aromatic carbocycles. The van der Waals surface area contributed by atoms with E-state index >= 15 is 0 Å². The van der Waals surface area contributed by atoms with Crippen LogP contribution in [0.15, 0.2) is 24.4 Å². The van der Waals surface area contributed by atoms with Crippen molar-refractivity contribution in [2.75, 3.05) is 33.4 Å². The van der Waals surface area contributed by atoms with Gasteiger partial charge in [-0.3, -0.25) is 9.05 Å². The van der Waals surface area contributed by atoms with Crippen molar-refractivity contribution in [2.24, 2.45) is 0 Å². The largest absolute Gasteiger partial charge is 0.408 e. The maximum absolute atomic E-state index is 13.0. The lowest BCUT2D eigenvalue weighted by Crippen LogP contribution is -2.32. The molecule has 29 heavy (non-hydrogen) atoms. The molecule has 8 nitrogen and oxygen atoms in total. The first-order chi connectivity index (χ1) is 13.8. The number of nitrogens with one attached hydrogen (secondary N) is 2. The number of piperidine rings is 1. The summed E-state index contributed by atoms with van der Waals surface area (Å²) in [7, 11) is -5.10. The second-order valence-electron chi connectivity index (χ2n) is 7.12. The number of hydrogen-bond donors (Lipinski definition) is 2. The van der Waals surface area contributed by atoms with Crippen molar-refractivity contribution < 1.29 is 22.0 Å². The van der Waals surface area contributed by atoms with Gasteiger partial charge in [-0.1, -0.05) is 12.1 Å². The highest BCUT2D eigenvalue weighted by Crippen LogP contribution is 2.54. The Kier molecular flexibility index (Phi) is 7.19. The fraction of sp³-hybridized carbons (Fsp3) is 0.579. The molecular formula is C19H30N3O5PS. The zero-order chi connectivity index (χ0) is 21.1. The molecule has 10 heteroatoms. The Bertz CT molecular complexity index is 973. The minimum absolute atomic E-state index is 0.0453. The van der Waals surface area contributed by atoms with Gasteiger partial charge in [-0.25, -0.2) is 22.4 Å². The molecule has 1 aliphatic heterocycles. The molecular weight excluding hydrogens is 413 g/mol. The van der Waals surface area contributed by atoms with Crippen LogP contribution in [0.1, 0.15) is 43.7 Å². The molecule has 2 aromatic rings. The maximum Gasteiger partial charge on any atom is 0.408 e. The van der Waals surface area contributed by atoms with Gasteiger partial charge in [0, 0.05) is 30.2 Å². The number of H-pyrrole nitrogens is 1. The number of nitrogens with zero attached hydrogens (tertiary/aromatic N) is 1. The van der Waals surface area contributed by atoms with Crippen LogP contribution >= 0.6 is 7.75 Å². The first-order valence-corrected chi connectivity index (χ1v) is 13.1. The molecule has 0 unspecified atom stereocenters. The molecule has 2 heterocycles. The molecule has 1 aromatic heterocycles. The number of sulfonamides is 1. The average Bonchev–Trinajstić information content (AvgIpc) is 3.11. The summed E-state index contributed by atoms with van der Waals surface area (Å²) in [5.74, 6) is 0.291. The van der Waals surface area contributed by atoms with Crippen molar-refractivity contribution in [1.82, 2.24) is 14.4 Å². The number of hydrogen-bond acceptors (Lipinski definition) is 5. The molecule has 2 N–H and O–H groups in total. The number of fused-ring (bicyclic) bond motifs is 1. The van der Waals surface area contributed by atoms with Crippen molar-refractivity contribution in [3.05, 3.63) is 35.5 Å². The van der Waals surface area contributed by atoms with Crippen LogP contribution in [0.5, 0.6) is 0 Å². The van der Waals surface area contributed by atoms with Crippen LogP contribution in [0.2, 0.25) is 0 Å². The van der Waals surface area contributed by atoms with Gasteiger partial charge in [-0.05, 0) is 56.8 Å². The summed E-state index contributed by atoms with van der Waals surface area (Å²) >= 11 is 0. The topological polar surface area (TPSA) is 101 Å². The number of aromatic nitrogens is 1. The van der Waals surface area contributed by atoms with Gasteiger partial charge in [0.05, 0.1) is 19.0 Å². The van der Waals surface area contributed by atoms with Crippen LogP contribution in [-0.4, -0.2) is 51.4 Å². The first kappa shape index (κ1) is 22.5. The van der Waals surface area contributed by atoms with Gasteiger partial charge in [-0.15, -0.1) is 0 Å². The second kappa shape index (κ2) is 9.29. The summed E-state index contributed by atoms with van der Waals surface area (Å²) in [5.41, 5.74) is 2.88. The van der Waals surface area contributed by atoms with Gasteiger partial charge in [-0.2, -0.15) is 0 Å². The standard InChI is InChI=1S/C19H30N3O5PS/c1-4-26-28(23,27-5-2)22-10-8-16(9-11-22)18-13-21-19-12-15(6-7-17(18)19)14-29(24,25)20-3/h6-7,12-13,16,20-21H,4-5,8-11,14H2,1-3H3. The van der Waals surface area contributed by atoms with E-state index in [2.05, 4.69) is 9.71 Å². The average molecular weight is 444 g/mol. The second-order valence-corrected chi connectivity index (χ2v) is 11.1. The number of rotatable bonds is 9. The Morgan fingerprint density at radius 1 is 1.21 bits per heavy atom. The van der Waals surface area contributed by atoms with Crippen LogP contribution in [-0.2, 0) is 29.4 Å². The summed E-state index contributed by atoms with van der Waals surface area (Å²) in [5, 5.41) is 1.10. The van der Waals surface area contributed by atoms with E-state index in [0.29, 0.717) is 32.2 Å². The predicted octanol–water partition coefficient (Wildman–Crippen LogP) is 3.58. The molecule has 0 atom stereocenters. The van der Waals surface area contributed by atoms with Crippen molar-refractivity contribution >= 4 is 28.7 Å². The van der Waals surface area contributed by atoms with Crippen molar-refractivity contribution in [3.63, 3.8) is 0 Å². The third-order valence-electron chi connectivity index (χ3n) is 5.29. The lowest BCUT2D eigenvalue weighted by Gasteiger charge is -2.35. The molecule has 0 bridgehead atoms. The zero-order valence-electron chi connectivity index (χ0n) is 17.2. The third-order valence-corrected chi connectivity index (χ3v) is 8.89. The summed E-state index contributed by atoms with van der Waals surface area (Å²) in [6.45, 7) is 5.64. The van der Waals surface area contributed by atoms with Gasteiger partial charge < -0.3 is 4.98 Å². The smallest absolute Gasteiger partial charge is 0.361 e. The molecule has 0 aliphatic carbocycles. The molecule has 1 saturated heterocycles. The summed E-state index contributed by atoms with van der Waals surface area (Å²) in [4.78, 5) is 3.28. The number of aromatic amines is 1. The summed E-state index contributed by atoms with van der Waals surface area (Å²) in [6.07, 6.45) is 3.71. The van der Waals surface area contributed by atoms with Crippen molar-refractivity contribution in [2.45, 2.75) is 38.4 Å². The van der Waals surface area contributed by atoms with Crippen LogP contribution in [0.3, 0.4) is 0 Å². The van der Waals surface area contributed by atoms with Crippen LogP contribution in [0.4, 0.5) is 0 Å². The van der Waals surface area contributed by atoms with E-state index in [-0.39, 0.29) is 5.75 Å². The molecule has 0 spiro atoms. The minimum atomic E-state index is -3.30. The predicted molar refractivity (Wildman–Crippen MR) is 114 cm³/mol. The van der Waals surface area contributed by atoms with Gasteiger partial charge in [0.2, 0.25) is 10.0 Å². The highest BCUT2D eigenvalue weighted by Gasteiger charge is 2.36. The first-order valence-electron chi connectivity index (χ1n) is 9.97. The highest BCUT2D eigenvalue weighted by atomic mass is 32.2. The van der Waals surface area contributed by atoms with Crippen LogP contribution < -0.4 is 4.72 Å². The molecule has 1 fully saturated rings. The lowest BCUT2D eigenvalue weighted by atomic mass is 9.90. The Morgan fingerprint density at radius 3 is 2.45 bits per heavy atom. The molecule has 1 aliphatic rings. The molecule has 0 saturated carbocycles. The Balaban J connectivity index is 1.73. The van der Waals surface area contributed by atoms with E-state index in [1.54, 1.807) is 0 Å². The van der Waals surface area contributed by atoms with E-state index in [9.17, 15) is 13.0 Å². The monoisotopic (exact) mass is 443 g/mol. The highest BCUT2D eigenvalue weighted by molar-refractivity contribution is 7.88.